The van der Waals surface area contributed by atoms with Crippen LogP contribution in [-0.4, -0.2) is 24.5 Å². The monoisotopic (exact) mass is 522 g/mol. The van der Waals surface area contributed by atoms with Crippen LogP contribution < -0.4 is 0 Å². The molecule has 0 aromatic carbocycles. The van der Waals surface area contributed by atoms with Crippen LogP contribution in [0.25, 0.3) is 0 Å². The molecular formula is C36H75N. The highest BCUT2D eigenvalue weighted by atomic mass is 15.1. The molecule has 0 N–H and O–H groups in total. The third-order valence-electron chi connectivity index (χ3n) is 8.48. The fraction of sp³-hybridized carbons (Fsp3) is 1.00. The predicted molar refractivity (Wildman–Crippen MR) is 172 cm³/mol. The first-order chi connectivity index (χ1) is 18.3. The Morgan fingerprint density at radius 1 is 0.216 bits per heavy atom. The average molecular weight is 522 g/mol. The molecule has 37 heavy (non-hydrogen) atoms. The molecule has 0 fully saturated rings. The lowest BCUT2D eigenvalue weighted by Gasteiger charge is -2.22. The van der Waals surface area contributed by atoms with Crippen LogP contribution in [0, 0.1) is 0 Å². The molecule has 0 aliphatic carbocycles. The van der Waals surface area contributed by atoms with Crippen LogP contribution in [0.2, 0.25) is 0 Å². The Morgan fingerprint density at radius 2 is 0.378 bits per heavy atom. The molecule has 0 saturated heterocycles. The summed E-state index contributed by atoms with van der Waals surface area (Å²) in [7, 11) is 0. The summed E-state index contributed by atoms with van der Waals surface area (Å²) in [6.07, 6.45) is 43.6. The van der Waals surface area contributed by atoms with E-state index in [1.54, 1.807) is 0 Å². The molecule has 0 atom stereocenters. The zero-order valence-electron chi connectivity index (χ0n) is 26.8. The minimum absolute atomic E-state index is 1.36. The van der Waals surface area contributed by atoms with Gasteiger partial charge in [-0.05, 0) is 38.9 Å². The Hall–Kier alpha value is -0.0400. The van der Waals surface area contributed by atoms with Gasteiger partial charge in [0.05, 0.1) is 0 Å². The topological polar surface area (TPSA) is 3.24 Å². The minimum atomic E-state index is 1.36. The van der Waals surface area contributed by atoms with Gasteiger partial charge in [0.25, 0.3) is 0 Å². The van der Waals surface area contributed by atoms with Crippen molar-refractivity contribution in [2.45, 2.75) is 213 Å². The minimum Gasteiger partial charge on any atom is -0.303 e. The molecule has 0 heterocycles. The van der Waals surface area contributed by atoms with Crippen LogP contribution in [0.4, 0.5) is 0 Å². The lowest BCUT2D eigenvalue weighted by molar-refractivity contribution is 0.254. The van der Waals surface area contributed by atoms with Gasteiger partial charge in [-0.3, -0.25) is 0 Å². The lowest BCUT2D eigenvalue weighted by Crippen LogP contribution is -2.27. The van der Waals surface area contributed by atoms with Crippen molar-refractivity contribution in [1.29, 1.82) is 0 Å². The molecule has 1 heteroatoms. The van der Waals surface area contributed by atoms with Gasteiger partial charge >= 0.3 is 0 Å². The second-order valence-electron chi connectivity index (χ2n) is 12.4. The molecule has 0 aromatic heterocycles. The number of hydrogen-bond acceptors (Lipinski definition) is 1. The summed E-state index contributed by atoms with van der Waals surface area (Å²) in [5.41, 5.74) is 0. The summed E-state index contributed by atoms with van der Waals surface area (Å²) in [5, 5.41) is 0. The summed E-state index contributed by atoms with van der Waals surface area (Å²) in [4.78, 5) is 2.83. The third kappa shape index (κ3) is 32.1. The second kappa shape index (κ2) is 34.0. The fourth-order valence-corrected chi connectivity index (χ4v) is 5.80. The average Bonchev–Trinajstić information content (AvgIpc) is 2.91. The highest BCUT2D eigenvalue weighted by Gasteiger charge is 2.05. The van der Waals surface area contributed by atoms with Crippen LogP contribution in [0.15, 0.2) is 0 Å². The highest BCUT2D eigenvalue weighted by Crippen LogP contribution is 2.15. The molecule has 224 valence electrons. The van der Waals surface area contributed by atoms with E-state index in [9.17, 15) is 0 Å². The van der Waals surface area contributed by atoms with Crippen LogP contribution >= 0.6 is 0 Å². The van der Waals surface area contributed by atoms with Gasteiger partial charge in [0.1, 0.15) is 0 Å². The Morgan fingerprint density at radius 3 is 0.595 bits per heavy atom. The zero-order valence-corrected chi connectivity index (χ0v) is 26.8. The number of unbranched alkanes of at least 4 members (excludes halogenated alkanes) is 27. The van der Waals surface area contributed by atoms with E-state index in [1.807, 2.05) is 0 Å². The van der Waals surface area contributed by atoms with Crippen molar-refractivity contribution in [2.75, 3.05) is 19.6 Å². The van der Waals surface area contributed by atoms with Gasteiger partial charge in [-0.2, -0.15) is 0 Å². The maximum absolute atomic E-state index is 2.83. The predicted octanol–water partition coefficient (Wildman–Crippen LogP) is 13.1. The van der Waals surface area contributed by atoms with E-state index >= 15 is 0 Å². The van der Waals surface area contributed by atoms with Crippen molar-refractivity contribution in [3.8, 4) is 0 Å². The van der Waals surface area contributed by atoms with E-state index in [0.29, 0.717) is 0 Å². The zero-order chi connectivity index (χ0) is 26.9. The quantitative estimate of drug-likeness (QED) is 0.0776. The molecule has 0 saturated carbocycles. The summed E-state index contributed by atoms with van der Waals surface area (Å²) < 4.78 is 0. The smallest absolute Gasteiger partial charge is 0.00187 e. The summed E-state index contributed by atoms with van der Waals surface area (Å²) in [5.74, 6) is 0. The van der Waals surface area contributed by atoms with E-state index in [-0.39, 0.29) is 0 Å². The summed E-state index contributed by atoms with van der Waals surface area (Å²) >= 11 is 0. The molecule has 0 aliphatic rings. The SMILES string of the molecule is CCCCCCCCCCCCCCCN(CCCCCC)CCCCCCCCCCCCCCC. The molecule has 0 unspecified atom stereocenters. The number of nitrogens with zero attached hydrogens (tertiary/aromatic N) is 1. The van der Waals surface area contributed by atoms with E-state index in [4.69, 9.17) is 0 Å². The number of rotatable bonds is 33. The van der Waals surface area contributed by atoms with Crippen molar-refractivity contribution in [2.24, 2.45) is 0 Å². The molecule has 0 aliphatic heterocycles. The van der Waals surface area contributed by atoms with Crippen molar-refractivity contribution < 1.29 is 0 Å². The molecule has 0 aromatic rings. The van der Waals surface area contributed by atoms with Gasteiger partial charge in [0.15, 0.2) is 0 Å². The van der Waals surface area contributed by atoms with Crippen LogP contribution in [-0.2, 0) is 0 Å². The van der Waals surface area contributed by atoms with Gasteiger partial charge < -0.3 is 4.90 Å². The van der Waals surface area contributed by atoms with Gasteiger partial charge in [0, 0.05) is 0 Å². The molecule has 0 bridgehead atoms. The van der Waals surface area contributed by atoms with Gasteiger partial charge in [0.2, 0.25) is 0 Å². The molecular weight excluding hydrogens is 446 g/mol. The Bertz CT molecular complexity index is 349. The van der Waals surface area contributed by atoms with E-state index in [2.05, 4.69) is 25.7 Å². The van der Waals surface area contributed by atoms with Crippen LogP contribution in [0.5, 0.6) is 0 Å². The first kappa shape index (κ1) is 37.0. The lowest BCUT2D eigenvalue weighted by atomic mass is 10.0. The first-order valence-corrected chi connectivity index (χ1v) is 18.1. The Balaban J connectivity index is 3.64. The van der Waals surface area contributed by atoms with Gasteiger partial charge in [-0.1, -0.05) is 194 Å². The second-order valence-corrected chi connectivity index (χ2v) is 12.4. The molecule has 0 rings (SSSR count). The Labute approximate surface area is 237 Å². The maximum atomic E-state index is 2.83. The van der Waals surface area contributed by atoms with Crippen LogP contribution in [0.3, 0.4) is 0 Å². The molecule has 0 amide bonds. The fourth-order valence-electron chi connectivity index (χ4n) is 5.80. The van der Waals surface area contributed by atoms with Crippen molar-refractivity contribution in [1.82, 2.24) is 4.90 Å². The van der Waals surface area contributed by atoms with E-state index < -0.39 is 0 Å². The van der Waals surface area contributed by atoms with Gasteiger partial charge in [-0.15, -0.1) is 0 Å². The largest absolute Gasteiger partial charge is 0.303 e. The maximum Gasteiger partial charge on any atom is -0.00187 e. The van der Waals surface area contributed by atoms with Crippen molar-refractivity contribution in [3.63, 3.8) is 0 Å². The van der Waals surface area contributed by atoms with Crippen molar-refractivity contribution in [3.05, 3.63) is 0 Å². The summed E-state index contributed by atoms with van der Waals surface area (Å²) in [6, 6.07) is 0. The third-order valence-corrected chi connectivity index (χ3v) is 8.48. The molecule has 1 nitrogen and oxygen atoms in total. The standard InChI is InChI=1S/C36H75N/c1-4-7-10-13-15-17-19-21-23-25-27-29-32-35-37(34-31-12-9-6-3)36-33-30-28-26-24-22-20-18-16-14-11-8-5-2/h4-36H2,1-3H3. The first-order valence-electron chi connectivity index (χ1n) is 18.1. The van der Waals surface area contributed by atoms with Crippen molar-refractivity contribution >= 4 is 0 Å². The Kier molecular flexibility index (Phi) is 34.0. The highest BCUT2D eigenvalue weighted by molar-refractivity contribution is 4.60. The number of hydrogen-bond donors (Lipinski definition) is 0. The van der Waals surface area contributed by atoms with Crippen LogP contribution in [0.1, 0.15) is 213 Å². The van der Waals surface area contributed by atoms with E-state index in [1.165, 1.54) is 212 Å². The van der Waals surface area contributed by atoms with E-state index in [0.717, 1.165) is 0 Å². The molecule has 0 spiro atoms. The van der Waals surface area contributed by atoms with Gasteiger partial charge in [-0.25, -0.2) is 0 Å². The normalized spacial score (nSPS) is 11.7. The molecule has 0 radical (unpaired) electrons. The summed E-state index contributed by atoms with van der Waals surface area (Å²) in [6.45, 7) is 11.0.